The van der Waals surface area contributed by atoms with Crippen LogP contribution in [0.3, 0.4) is 0 Å². The van der Waals surface area contributed by atoms with Crippen LogP contribution in [0, 0.1) is 0 Å². The number of hydrogen-bond acceptors (Lipinski definition) is 7. The first-order valence-corrected chi connectivity index (χ1v) is 10.6. The second kappa shape index (κ2) is 9.87. The fraction of sp³-hybridized carbons (Fsp3) is 0.250. The van der Waals surface area contributed by atoms with Gasteiger partial charge < -0.3 is 19.2 Å². The number of esters is 3. The number of aromatic nitrogens is 1. The topological polar surface area (TPSA) is 112 Å². The molecule has 0 aliphatic carbocycles. The van der Waals surface area contributed by atoms with E-state index in [-0.39, 0.29) is 35.4 Å². The summed E-state index contributed by atoms with van der Waals surface area (Å²) in [6.45, 7) is 3.88. The van der Waals surface area contributed by atoms with E-state index >= 15 is 0 Å². The number of aromatic amines is 1. The van der Waals surface area contributed by atoms with Crippen LogP contribution in [0.5, 0.6) is 0 Å². The highest BCUT2D eigenvalue weighted by Crippen LogP contribution is 2.39. The van der Waals surface area contributed by atoms with Crippen LogP contribution in [0.15, 0.2) is 48.5 Å². The van der Waals surface area contributed by atoms with Crippen LogP contribution in [0.4, 0.5) is 0 Å². The molecule has 0 unspecified atom stereocenters. The molecular formula is C24H22ClNO7. The molecule has 9 heteroatoms. The number of fused-ring (bicyclic) bond motifs is 1. The molecule has 8 nitrogen and oxygen atoms in total. The van der Waals surface area contributed by atoms with E-state index in [1.807, 2.05) is 0 Å². The van der Waals surface area contributed by atoms with Crippen LogP contribution in [0.25, 0.3) is 10.9 Å². The Labute approximate surface area is 194 Å². The van der Waals surface area contributed by atoms with Crippen molar-refractivity contribution in [2.45, 2.75) is 26.4 Å². The smallest absolute Gasteiger partial charge is 0.367 e. The molecule has 2 aromatic carbocycles. The summed E-state index contributed by atoms with van der Waals surface area (Å²) in [5.74, 6) is -3.85. The first kappa shape index (κ1) is 24.0. The van der Waals surface area contributed by atoms with Crippen LogP contribution in [0.1, 0.15) is 42.4 Å². The molecule has 0 radical (unpaired) electrons. The average Bonchev–Trinajstić information content (AvgIpc) is 3.16. The lowest BCUT2D eigenvalue weighted by Gasteiger charge is -2.29. The number of hydrogen-bond donors (Lipinski definition) is 1. The van der Waals surface area contributed by atoms with Crippen LogP contribution in [-0.2, 0) is 34.2 Å². The zero-order valence-electron chi connectivity index (χ0n) is 18.3. The van der Waals surface area contributed by atoms with Gasteiger partial charge in [-0.05, 0) is 26.0 Å². The fourth-order valence-electron chi connectivity index (χ4n) is 3.54. The molecule has 0 amide bonds. The number of H-pyrrole nitrogens is 1. The van der Waals surface area contributed by atoms with Gasteiger partial charge in [-0.3, -0.25) is 9.59 Å². The Morgan fingerprint density at radius 3 is 2.09 bits per heavy atom. The number of carbonyl (C=O) groups excluding carboxylic acids is 4. The zero-order chi connectivity index (χ0) is 24.2. The van der Waals surface area contributed by atoms with Crippen LogP contribution >= 0.6 is 11.6 Å². The van der Waals surface area contributed by atoms with Gasteiger partial charge in [0.2, 0.25) is 5.78 Å². The van der Waals surface area contributed by atoms with Crippen molar-refractivity contribution in [2.75, 3.05) is 13.2 Å². The number of nitrogens with one attached hydrogen (secondary N) is 1. The Balaban J connectivity index is 2.44. The molecule has 0 atom stereocenters. The Morgan fingerprint density at radius 2 is 1.55 bits per heavy atom. The largest absolute Gasteiger partial charge is 0.462 e. The van der Waals surface area contributed by atoms with E-state index in [2.05, 4.69) is 4.98 Å². The second-order valence-corrected chi connectivity index (χ2v) is 7.41. The summed E-state index contributed by atoms with van der Waals surface area (Å²) in [7, 11) is 0. The number of ether oxygens (including phenoxy) is 3. The van der Waals surface area contributed by atoms with Crippen molar-refractivity contribution in [3.63, 3.8) is 0 Å². The summed E-state index contributed by atoms with van der Waals surface area (Å²) >= 11 is 6.13. The quantitative estimate of drug-likeness (QED) is 0.229. The molecule has 1 heterocycles. The third kappa shape index (κ3) is 4.47. The summed E-state index contributed by atoms with van der Waals surface area (Å²) in [4.78, 5) is 55.2. The van der Waals surface area contributed by atoms with E-state index in [0.717, 1.165) is 6.92 Å². The predicted octanol–water partition coefficient (Wildman–Crippen LogP) is 3.94. The van der Waals surface area contributed by atoms with E-state index in [4.69, 9.17) is 25.8 Å². The highest BCUT2D eigenvalue weighted by Gasteiger charge is 2.57. The van der Waals surface area contributed by atoms with E-state index in [1.165, 1.54) is 32.0 Å². The minimum atomic E-state index is -2.68. The van der Waals surface area contributed by atoms with Crippen molar-refractivity contribution >= 4 is 46.2 Å². The van der Waals surface area contributed by atoms with Gasteiger partial charge in [0.25, 0.3) is 0 Å². The Morgan fingerprint density at radius 1 is 0.939 bits per heavy atom. The van der Waals surface area contributed by atoms with Gasteiger partial charge in [0.1, 0.15) is 0 Å². The molecule has 0 aliphatic heterocycles. The van der Waals surface area contributed by atoms with Crippen molar-refractivity contribution in [1.82, 2.24) is 4.98 Å². The Hall–Kier alpha value is -3.65. The van der Waals surface area contributed by atoms with Gasteiger partial charge in [-0.15, -0.1) is 0 Å². The monoisotopic (exact) mass is 471 g/mol. The number of rotatable bonds is 8. The minimum Gasteiger partial charge on any atom is -0.462 e. The van der Waals surface area contributed by atoms with Gasteiger partial charge in [-0.2, -0.15) is 0 Å². The molecule has 3 rings (SSSR count). The first-order valence-electron chi connectivity index (χ1n) is 10.2. The number of halogens is 1. The van der Waals surface area contributed by atoms with E-state index < -0.39 is 29.3 Å². The maximum absolute atomic E-state index is 13.5. The van der Waals surface area contributed by atoms with E-state index in [0.29, 0.717) is 10.5 Å². The summed E-state index contributed by atoms with van der Waals surface area (Å²) in [6.07, 6.45) is 0. The average molecular weight is 472 g/mol. The summed E-state index contributed by atoms with van der Waals surface area (Å²) in [5, 5.41) is 0.611. The molecular weight excluding hydrogens is 450 g/mol. The fourth-order valence-corrected chi connectivity index (χ4v) is 3.71. The SMILES string of the molecule is CCOC(=O)C(OC(C)=O)(C(=O)OCC)c1c(C(=O)c2ccccc2)[nH]c2cc(Cl)ccc12. The molecule has 0 bridgehead atoms. The normalized spacial score (nSPS) is 11.2. The molecule has 0 saturated carbocycles. The highest BCUT2D eigenvalue weighted by molar-refractivity contribution is 6.31. The molecule has 0 saturated heterocycles. The molecule has 172 valence electrons. The molecule has 0 fully saturated rings. The molecule has 1 aromatic heterocycles. The van der Waals surface area contributed by atoms with Crippen molar-refractivity contribution in [1.29, 1.82) is 0 Å². The van der Waals surface area contributed by atoms with Gasteiger partial charge in [0.05, 0.1) is 24.5 Å². The Kier molecular flexibility index (Phi) is 7.18. The molecule has 0 aliphatic rings. The summed E-state index contributed by atoms with van der Waals surface area (Å²) in [5.41, 5.74) is -2.37. The predicted molar refractivity (Wildman–Crippen MR) is 120 cm³/mol. The van der Waals surface area contributed by atoms with E-state index in [1.54, 1.807) is 30.3 Å². The lowest BCUT2D eigenvalue weighted by atomic mass is 9.88. The third-order valence-electron chi connectivity index (χ3n) is 4.80. The van der Waals surface area contributed by atoms with Crippen LogP contribution in [-0.4, -0.2) is 41.9 Å². The van der Waals surface area contributed by atoms with Crippen molar-refractivity contribution in [3.8, 4) is 0 Å². The Bertz CT molecular complexity index is 1200. The molecule has 0 spiro atoms. The van der Waals surface area contributed by atoms with Gasteiger partial charge >= 0.3 is 23.5 Å². The summed E-state index contributed by atoms with van der Waals surface area (Å²) < 4.78 is 15.7. The lowest BCUT2D eigenvalue weighted by molar-refractivity contribution is -0.197. The zero-order valence-corrected chi connectivity index (χ0v) is 19.0. The minimum absolute atomic E-state index is 0.114. The number of benzene rings is 2. The molecule has 3 aromatic rings. The first-order chi connectivity index (χ1) is 15.8. The number of ketones is 1. The molecule has 1 N–H and O–H groups in total. The lowest BCUT2D eigenvalue weighted by Crippen LogP contribution is -2.50. The van der Waals surface area contributed by atoms with Crippen molar-refractivity contribution < 1.29 is 33.4 Å². The third-order valence-corrected chi connectivity index (χ3v) is 5.03. The highest BCUT2D eigenvalue weighted by atomic mass is 35.5. The van der Waals surface area contributed by atoms with Gasteiger partial charge in [-0.25, -0.2) is 9.59 Å². The van der Waals surface area contributed by atoms with Gasteiger partial charge in [0.15, 0.2) is 0 Å². The number of carbonyl (C=O) groups is 4. The standard InChI is InChI=1S/C24H22ClNO7/c1-4-31-22(29)24(33-14(3)27,23(30)32-5-2)19-17-12-11-16(25)13-18(17)26-20(19)21(28)15-9-7-6-8-10-15/h6-13,26H,4-5H2,1-3H3. The van der Waals surface area contributed by atoms with Crippen molar-refractivity contribution in [2.24, 2.45) is 0 Å². The molecule has 33 heavy (non-hydrogen) atoms. The van der Waals surface area contributed by atoms with Crippen LogP contribution in [0.2, 0.25) is 5.02 Å². The van der Waals surface area contributed by atoms with E-state index in [9.17, 15) is 19.2 Å². The second-order valence-electron chi connectivity index (χ2n) is 6.98. The summed E-state index contributed by atoms with van der Waals surface area (Å²) in [6, 6.07) is 12.8. The maximum atomic E-state index is 13.5. The maximum Gasteiger partial charge on any atom is 0.367 e. The van der Waals surface area contributed by atoms with Crippen LogP contribution < -0.4 is 0 Å². The van der Waals surface area contributed by atoms with Gasteiger partial charge in [-0.1, -0.05) is 48.0 Å². The van der Waals surface area contributed by atoms with Crippen molar-refractivity contribution in [3.05, 3.63) is 70.4 Å². The van der Waals surface area contributed by atoms with Gasteiger partial charge in [0, 0.05) is 28.4 Å².